The van der Waals surface area contributed by atoms with Gasteiger partial charge >= 0.3 is 6.03 Å². The fourth-order valence-corrected chi connectivity index (χ4v) is 4.84. The van der Waals surface area contributed by atoms with Crippen molar-refractivity contribution in [3.63, 3.8) is 0 Å². The zero-order chi connectivity index (χ0) is 22.6. The summed E-state index contributed by atoms with van der Waals surface area (Å²) >= 11 is 0. The quantitative estimate of drug-likeness (QED) is 0.792. The maximum atomic E-state index is 14.2. The van der Waals surface area contributed by atoms with Crippen LogP contribution >= 0.6 is 0 Å². The van der Waals surface area contributed by atoms with Gasteiger partial charge in [-0.15, -0.1) is 0 Å². The Bertz CT molecular complexity index is 1170. The third-order valence-corrected chi connectivity index (χ3v) is 6.43. The van der Waals surface area contributed by atoms with E-state index >= 15 is 0 Å². The second-order valence-electron chi connectivity index (χ2n) is 8.39. The normalized spacial score (nSPS) is 21.4. The number of amides is 3. The van der Waals surface area contributed by atoms with Gasteiger partial charge in [0.2, 0.25) is 11.8 Å². The number of hydrogen-bond acceptors (Lipinski definition) is 4. The minimum absolute atomic E-state index is 0.0425. The number of nitrogens with one attached hydrogen (secondary N) is 1. The molecule has 2 bridgehead atoms. The lowest BCUT2D eigenvalue weighted by molar-refractivity contribution is -0.132. The van der Waals surface area contributed by atoms with Crippen LogP contribution < -0.4 is 10.1 Å². The molecule has 3 amide bonds. The molecule has 0 saturated carbocycles. The summed E-state index contributed by atoms with van der Waals surface area (Å²) in [4.78, 5) is 32.9. The Balaban J connectivity index is 1.33. The van der Waals surface area contributed by atoms with E-state index in [1.165, 1.54) is 11.0 Å². The number of rotatable bonds is 4. The third kappa shape index (κ3) is 3.28. The van der Waals surface area contributed by atoms with Crippen LogP contribution in [0.5, 0.6) is 5.88 Å². The lowest BCUT2D eigenvalue weighted by atomic mass is 9.97. The van der Waals surface area contributed by atoms with Crippen molar-refractivity contribution in [2.75, 3.05) is 25.5 Å². The second-order valence-corrected chi connectivity index (χ2v) is 8.39. The maximum Gasteiger partial charge on any atom is 0.322 e. The molecule has 166 valence electrons. The summed E-state index contributed by atoms with van der Waals surface area (Å²) in [6, 6.07) is 3.55. The average molecular weight is 440 g/mol. The molecule has 1 N–H and O–H groups in total. The van der Waals surface area contributed by atoms with Crippen molar-refractivity contribution in [1.82, 2.24) is 14.8 Å². The Morgan fingerprint density at radius 3 is 2.88 bits per heavy atom. The predicted molar refractivity (Wildman–Crippen MR) is 113 cm³/mol. The number of anilines is 1. The largest absolute Gasteiger partial charge is 0.481 e. The average Bonchev–Trinajstić information content (AvgIpc) is 3.38. The number of carbonyl (C=O) groups excluding carboxylic acids is 2. The molecule has 1 saturated heterocycles. The first kappa shape index (κ1) is 20.4. The van der Waals surface area contributed by atoms with Crippen LogP contribution in [0.3, 0.4) is 0 Å². The highest BCUT2D eigenvalue weighted by molar-refractivity contribution is 5.95. The Hall–Kier alpha value is -3.49. The van der Waals surface area contributed by atoms with Crippen molar-refractivity contribution >= 4 is 23.2 Å². The highest BCUT2D eigenvalue weighted by atomic mass is 19.2. The SMILES string of the molecule is COc1cc(C)c(C2=C[C@H]3C[C@@H]2N(C(=O)CN2Cc4c(ccc(F)c4F)NC2=O)C3)cn1. The van der Waals surface area contributed by atoms with Gasteiger partial charge in [-0.3, -0.25) is 4.79 Å². The number of halogens is 2. The summed E-state index contributed by atoms with van der Waals surface area (Å²) in [5.41, 5.74) is 3.29. The molecule has 32 heavy (non-hydrogen) atoms. The molecule has 0 spiro atoms. The number of aromatic nitrogens is 1. The van der Waals surface area contributed by atoms with E-state index in [-0.39, 0.29) is 42.2 Å². The van der Waals surface area contributed by atoms with Crippen molar-refractivity contribution < 1.29 is 23.1 Å². The van der Waals surface area contributed by atoms with E-state index in [9.17, 15) is 18.4 Å². The highest BCUT2D eigenvalue weighted by Gasteiger charge is 2.43. The van der Waals surface area contributed by atoms with Gasteiger partial charge < -0.3 is 19.9 Å². The molecule has 2 atom stereocenters. The van der Waals surface area contributed by atoms with Crippen molar-refractivity contribution in [2.24, 2.45) is 5.92 Å². The standard InChI is InChI=1S/C23H22F2N4O3/c1-12-5-20(32-2)26-8-15(12)14-6-13-7-19(14)29(9-13)21(30)11-28-10-16-18(27-23(28)31)4-3-17(24)22(16)25/h3-6,8,13,19H,7,9-11H2,1-2H3,(H,27,31)/t13-,19-/m0/s1. The minimum atomic E-state index is -1.01. The topological polar surface area (TPSA) is 74.8 Å². The van der Waals surface area contributed by atoms with Gasteiger partial charge in [0.1, 0.15) is 6.54 Å². The van der Waals surface area contributed by atoms with E-state index in [0.717, 1.165) is 29.2 Å². The predicted octanol–water partition coefficient (Wildman–Crippen LogP) is 3.34. The maximum absolute atomic E-state index is 14.2. The Morgan fingerprint density at radius 1 is 1.34 bits per heavy atom. The van der Waals surface area contributed by atoms with E-state index in [1.807, 2.05) is 13.0 Å². The van der Waals surface area contributed by atoms with Gasteiger partial charge in [0, 0.05) is 29.9 Å². The molecule has 9 heteroatoms. The number of carbonyl (C=O) groups is 2. The molecule has 1 aromatic heterocycles. The van der Waals surface area contributed by atoms with Gasteiger partial charge in [0.25, 0.3) is 0 Å². The molecule has 1 aromatic carbocycles. The first-order chi connectivity index (χ1) is 15.4. The van der Waals surface area contributed by atoms with E-state index in [2.05, 4.69) is 16.4 Å². The Morgan fingerprint density at radius 2 is 2.16 bits per heavy atom. The number of ether oxygens (including phenoxy) is 1. The highest BCUT2D eigenvalue weighted by Crippen LogP contribution is 2.43. The van der Waals surface area contributed by atoms with Crippen molar-refractivity contribution in [2.45, 2.75) is 25.9 Å². The summed E-state index contributed by atoms with van der Waals surface area (Å²) in [6.45, 7) is 2.17. The van der Waals surface area contributed by atoms with Crippen LogP contribution in [0, 0.1) is 24.5 Å². The zero-order valence-electron chi connectivity index (χ0n) is 17.7. The Labute approximate surface area is 183 Å². The molecule has 1 aliphatic carbocycles. The molecule has 1 fully saturated rings. The molecule has 5 rings (SSSR count). The number of aryl methyl sites for hydroxylation is 1. The number of hydrogen-bond donors (Lipinski definition) is 1. The van der Waals surface area contributed by atoms with Crippen LogP contribution in [-0.4, -0.2) is 53.0 Å². The molecule has 0 unspecified atom stereocenters. The van der Waals surface area contributed by atoms with Crippen LogP contribution in [-0.2, 0) is 11.3 Å². The van der Waals surface area contributed by atoms with E-state index < -0.39 is 17.7 Å². The van der Waals surface area contributed by atoms with Crippen molar-refractivity contribution in [3.05, 3.63) is 58.8 Å². The van der Waals surface area contributed by atoms with Gasteiger partial charge in [-0.1, -0.05) is 6.08 Å². The lowest BCUT2D eigenvalue weighted by Crippen LogP contribution is -2.48. The summed E-state index contributed by atoms with van der Waals surface area (Å²) in [7, 11) is 1.56. The van der Waals surface area contributed by atoms with Gasteiger partial charge in [-0.05, 0) is 42.5 Å². The number of fused-ring (bicyclic) bond motifs is 3. The van der Waals surface area contributed by atoms with Gasteiger partial charge in [0.05, 0.1) is 25.4 Å². The smallest absolute Gasteiger partial charge is 0.322 e. The van der Waals surface area contributed by atoms with Crippen molar-refractivity contribution in [1.29, 1.82) is 0 Å². The number of urea groups is 1. The van der Waals surface area contributed by atoms with Crippen LogP contribution in [0.25, 0.3) is 5.57 Å². The second kappa shape index (κ2) is 7.58. The number of pyridine rings is 1. The minimum Gasteiger partial charge on any atom is -0.481 e. The summed E-state index contributed by atoms with van der Waals surface area (Å²) in [6.07, 6.45) is 4.77. The van der Waals surface area contributed by atoms with Crippen LogP contribution in [0.15, 0.2) is 30.5 Å². The summed E-state index contributed by atoms with van der Waals surface area (Å²) in [5.74, 6) is -1.45. The van der Waals surface area contributed by atoms with E-state index in [0.29, 0.717) is 12.4 Å². The Kier molecular flexibility index (Phi) is 4.83. The van der Waals surface area contributed by atoms with E-state index in [1.54, 1.807) is 18.2 Å². The fourth-order valence-electron chi connectivity index (χ4n) is 4.84. The number of likely N-dealkylation sites (tertiary alicyclic amines) is 1. The first-order valence-corrected chi connectivity index (χ1v) is 10.4. The number of nitrogens with zero attached hydrogens (tertiary/aromatic N) is 3. The monoisotopic (exact) mass is 440 g/mol. The summed E-state index contributed by atoms with van der Waals surface area (Å²) in [5, 5.41) is 2.54. The van der Waals surface area contributed by atoms with Crippen molar-refractivity contribution in [3.8, 4) is 5.88 Å². The van der Waals surface area contributed by atoms with E-state index in [4.69, 9.17) is 4.74 Å². The van der Waals surface area contributed by atoms with Gasteiger partial charge in [-0.2, -0.15) is 0 Å². The lowest BCUT2D eigenvalue weighted by Gasteiger charge is -2.33. The molecule has 2 aliphatic heterocycles. The molecule has 3 heterocycles. The number of benzene rings is 1. The van der Waals surface area contributed by atoms with Gasteiger partial charge in [-0.25, -0.2) is 18.6 Å². The molecule has 3 aliphatic rings. The first-order valence-electron chi connectivity index (χ1n) is 10.4. The number of methoxy groups -OCH3 is 1. The van der Waals surface area contributed by atoms with Crippen LogP contribution in [0.1, 0.15) is 23.1 Å². The molecular weight excluding hydrogens is 418 g/mol. The molecule has 7 nitrogen and oxygen atoms in total. The molecule has 0 radical (unpaired) electrons. The fraction of sp³-hybridized carbons (Fsp3) is 0.348. The van der Waals surface area contributed by atoms with Crippen LogP contribution in [0.4, 0.5) is 19.3 Å². The zero-order valence-corrected chi connectivity index (χ0v) is 17.7. The van der Waals surface area contributed by atoms with Gasteiger partial charge in [0.15, 0.2) is 11.6 Å². The molecule has 2 aromatic rings. The summed E-state index contributed by atoms with van der Waals surface area (Å²) < 4.78 is 33.0. The third-order valence-electron chi connectivity index (χ3n) is 6.43. The molecular formula is C23H22F2N4O3. The van der Waals surface area contributed by atoms with Crippen LogP contribution in [0.2, 0.25) is 0 Å².